The van der Waals surface area contributed by atoms with Gasteiger partial charge in [-0.05, 0) is 49.2 Å². The van der Waals surface area contributed by atoms with Crippen molar-refractivity contribution in [1.82, 2.24) is 4.90 Å². The first kappa shape index (κ1) is 16.0. The summed E-state index contributed by atoms with van der Waals surface area (Å²) in [6.07, 6.45) is 0. The molecule has 0 bridgehead atoms. The van der Waals surface area contributed by atoms with E-state index in [4.69, 9.17) is 17.3 Å². The molecule has 1 unspecified atom stereocenters. The van der Waals surface area contributed by atoms with Crippen LogP contribution < -0.4 is 5.73 Å². The predicted octanol–water partition coefficient (Wildman–Crippen LogP) is 4.09. The minimum Gasteiger partial charge on any atom is -0.329 e. The van der Waals surface area contributed by atoms with E-state index in [1.165, 1.54) is 16.7 Å². The highest BCUT2D eigenvalue weighted by Gasteiger charge is 2.17. The van der Waals surface area contributed by atoms with Crippen LogP contribution in [0.2, 0.25) is 5.02 Å². The normalized spacial score (nSPS) is 12.7. The lowest BCUT2D eigenvalue weighted by Crippen LogP contribution is -2.30. The molecule has 0 aliphatic rings. The SMILES string of the molecule is Cc1ccc(C(CN)N(C)Cc2ccccc2Cl)cc1C. The summed E-state index contributed by atoms with van der Waals surface area (Å²) >= 11 is 6.25. The van der Waals surface area contributed by atoms with Gasteiger partial charge in [-0.3, -0.25) is 4.90 Å². The molecule has 0 saturated heterocycles. The third-order valence-corrected chi connectivity index (χ3v) is 4.42. The maximum atomic E-state index is 6.25. The summed E-state index contributed by atoms with van der Waals surface area (Å²) in [5, 5.41) is 0.806. The van der Waals surface area contributed by atoms with E-state index in [0.717, 1.165) is 17.1 Å². The molecule has 0 saturated carbocycles. The lowest BCUT2D eigenvalue weighted by atomic mass is 10.00. The van der Waals surface area contributed by atoms with Crippen molar-refractivity contribution in [2.45, 2.75) is 26.4 Å². The first-order valence-corrected chi connectivity index (χ1v) is 7.61. The Kier molecular flexibility index (Phi) is 5.40. The van der Waals surface area contributed by atoms with Crippen LogP contribution in [0.15, 0.2) is 42.5 Å². The predicted molar refractivity (Wildman–Crippen MR) is 90.6 cm³/mol. The average molecular weight is 303 g/mol. The fourth-order valence-electron chi connectivity index (χ4n) is 2.55. The van der Waals surface area contributed by atoms with Crippen LogP contribution in [0.3, 0.4) is 0 Å². The number of hydrogen-bond donors (Lipinski definition) is 1. The molecule has 0 aliphatic carbocycles. The molecular weight excluding hydrogens is 280 g/mol. The number of benzene rings is 2. The molecule has 112 valence electrons. The standard InChI is InChI=1S/C18H23ClN2/c1-13-8-9-15(10-14(13)2)18(11-20)21(3)12-16-6-4-5-7-17(16)19/h4-10,18H,11-12,20H2,1-3H3. The first-order valence-electron chi connectivity index (χ1n) is 7.23. The highest BCUT2D eigenvalue weighted by Crippen LogP contribution is 2.24. The Morgan fingerprint density at radius 2 is 1.81 bits per heavy atom. The van der Waals surface area contributed by atoms with Crippen LogP contribution in [0.4, 0.5) is 0 Å². The summed E-state index contributed by atoms with van der Waals surface area (Å²) in [5.41, 5.74) is 11.0. The van der Waals surface area contributed by atoms with Crippen molar-refractivity contribution in [3.05, 3.63) is 69.7 Å². The number of rotatable bonds is 5. The van der Waals surface area contributed by atoms with Gasteiger partial charge in [-0.2, -0.15) is 0 Å². The minimum absolute atomic E-state index is 0.195. The second-order valence-corrected chi connectivity index (χ2v) is 6.01. The number of nitrogens with two attached hydrogens (primary N) is 1. The van der Waals surface area contributed by atoms with Gasteiger partial charge in [-0.1, -0.05) is 48.0 Å². The molecule has 0 amide bonds. The van der Waals surface area contributed by atoms with E-state index in [0.29, 0.717) is 6.54 Å². The highest BCUT2D eigenvalue weighted by atomic mass is 35.5. The van der Waals surface area contributed by atoms with E-state index in [9.17, 15) is 0 Å². The Morgan fingerprint density at radius 1 is 1.10 bits per heavy atom. The molecule has 2 N–H and O–H groups in total. The van der Waals surface area contributed by atoms with Gasteiger partial charge < -0.3 is 5.73 Å². The largest absolute Gasteiger partial charge is 0.329 e. The van der Waals surface area contributed by atoms with Crippen LogP contribution >= 0.6 is 11.6 Å². The van der Waals surface area contributed by atoms with Gasteiger partial charge >= 0.3 is 0 Å². The topological polar surface area (TPSA) is 29.3 Å². The van der Waals surface area contributed by atoms with Gasteiger partial charge in [-0.25, -0.2) is 0 Å². The Bertz CT molecular complexity index is 610. The number of aryl methyl sites for hydroxylation is 2. The third-order valence-electron chi connectivity index (χ3n) is 4.05. The molecule has 0 fully saturated rings. The molecule has 0 aromatic heterocycles. The van der Waals surface area contributed by atoms with Gasteiger partial charge in [0.2, 0.25) is 0 Å². The molecule has 0 aliphatic heterocycles. The average Bonchev–Trinajstić information content (AvgIpc) is 2.46. The summed E-state index contributed by atoms with van der Waals surface area (Å²) < 4.78 is 0. The van der Waals surface area contributed by atoms with Crippen molar-refractivity contribution in [2.24, 2.45) is 5.73 Å². The molecule has 0 heterocycles. The number of halogens is 1. The van der Waals surface area contributed by atoms with E-state index in [1.807, 2.05) is 18.2 Å². The van der Waals surface area contributed by atoms with Crippen molar-refractivity contribution >= 4 is 11.6 Å². The van der Waals surface area contributed by atoms with E-state index < -0.39 is 0 Å². The Hall–Kier alpha value is -1.35. The molecular formula is C18H23ClN2. The van der Waals surface area contributed by atoms with Crippen molar-refractivity contribution in [3.8, 4) is 0 Å². The molecule has 3 heteroatoms. The van der Waals surface area contributed by atoms with Crippen molar-refractivity contribution in [1.29, 1.82) is 0 Å². The number of hydrogen-bond acceptors (Lipinski definition) is 2. The first-order chi connectivity index (χ1) is 10.0. The van der Waals surface area contributed by atoms with Crippen LogP contribution in [-0.2, 0) is 6.54 Å². The van der Waals surface area contributed by atoms with E-state index in [2.05, 4.69) is 50.1 Å². The summed E-state index contributed by atoms with van der Waals surface area (Å²) in [6.45, 7) is 5.64. The minimum atomic E-state index is 0.195. The Labute approximate surface area is 132 Å². The van der Waals surface area contributed by atoms with Crippen molar-refractivity contribution in [2.75, 3.05) is 13.6 Å². The van der Waals surface area contributed by atoms with E-state index in [-0.39, 0.29) is 6.04 Å². The quantitative estimate of drug-likeness (QED) is 0.901. The number of likely N-dealkylation sites (N-methyl/N-ethyl adjacent to an activating group) is 1. The molecule has 2 nitrogen and oxygen atoms in total. The smallest absolute Gasteiger partial charge is 0.0471 e. The van der Waals surface area contributed by atoms with Gasteiger partial charge in [0.15, 0.2) is 0 Å². The van der Waals surface area contributed by atoms with Crippen LogP contribution in [-0.4, -0.2) is 18.5 Å². The van der Waals surface area contributed by atoms with Gasteiger partial charge in [0.1, 0.15) is 0 Å². The monoisotopic (exact) mass is 302 g/mol. The molecule has 2 aromatic rings. The molecule has 21 heavy (non-hydrogen) atoms. The lowest BCUT2D eigenvalue weighted by molar-refractivity contribution is 0.242. The van der Waals surface area contributed by atoms with E-state index >= 15 is 0 Å². The van der Waals surface area contributed by atoms with Gasteiger partial charge in [0, 0.05) is 24.2 Å². The summed E-state index contributed by atoms with van der Waals surface area (Å²) in [7, 11) is 2.09. The highest BCUT2D eigenvalue weighted by molar-refractivity contribution is 6.31. The van der Waals surface area contributed by atoms with E-state index in [1.54, 1.807) is 0 Å². The second kappa shape index (κ2) is 7.08. The van der Waals surface area contributed by atoms with Crippen molar-refractivity contribution < 1.29 is 0 Å². The molecule has 1 atom stereocenters. The fraction of sp³-hybridized carbons (Fsp3) is 0.333. The number of nitrogens with zero attached hydrogens (tertiary/aromatic N) is 1. The van der Waals surface area contributed by atoms with Crippen LogP contribution in [0.25, 0.3) is 0 Å². The zero-order chi connectivity index (χ0) is 15.4. The Morgan fingerprint density at radius 3 is 2.43 bits per heavy atom. The van der Waals surface area contributed by atoms with Crippen LogP contribution in [0.5, 0.6) is 0 Å². The Balaban J connectivity index is 2.20. The lowest BCUT2D eigenvalue weighted by Gasteiger charge is -2.28. The zero-order valence-electron chi connectivity index (χ0n) is 12.9. The summed E-state index contributed by atoms with van der Waals surface area (Å²) in [5.74, 6) is 0. The van der Waals surface area contributed by atoms with Crippen LogP contribution in [0.1, 0.15) is 28.3 Å². The summed E-state index contributed by atoms with van der Waals surface area (Å²) in [6, 6.07) is 14.7. The van der Waals surface area contributed by atoms with Gasteiger partial charge in [0.25, 0.3) is 0 Å². The second-order valence-electron chi connectivity index (χ2n) is 5.60. The maximum Gasteiger partial charge on any atom is 0.0471 e. The molecule has 0 spiro atoms. The van der Waals surface area contributed by atoms with Gasteiger partial charge in [0.05, 0.1) is 0 Å². The molecule has 2 rings (SSSR count). The van der Waals surface area contributed by atoms with Gasteiger partial charge in [-0.15, -0.1) is 0 Å². The third kappa shape index (κ3) is 3.85. The maximum absolute atomic E-state index is 6.25. The molecule has 2 aromatic carbocycles. The van der Waals surface area contributed by atoms with Crippen molar-refractivity contribution in [3.63, 3.8) is 0 Å². The van der Waals surface area contributed by atoms with Crippen LogP contribution in [0, 0.1) is 13.8 Å². The zero-order valence-corrected chi connectivity index (χ0v) is 13.7. The summed E-state index contributed by atoms with van der Waals surface area (Å²) in [4.78, 5) is 2.26. The fourth-order valence-corrected chi connectivity index (χ4v) is 2.74. The molecule has 0 radical (unpaired) electrons.